The molecule has 6 N–H and O–H groups in total. The van der Waals surface area contributed by atoms with Crippen molar-refractivity contribution in [3.8, 4) is 0 Å². The third kappa shape index (κ3) is 22.1. The molecule has 0 radical (unpaired) electrons. The van der Waals surface area contributed by atoms with E-state index in [0.29, 0.717) is 84.2 Å². The lowest BCUT2D eigenvalue weighted by Crippen LogP contribution is -2.48. The van der Waals surface area contributed by atoms with Crippen LogP contribution in [0, 0.1) is 73.3 Å². The molecule has 30 nitrogen and oxygen atoms in total. The zero-order valence-electron chi connectivity index (χ0n) is 54.4. The zero-order valence-corrected chi connectivity index (χ0v) is 59.9. The van der Waals surface area contributed by atoms with Gasteiger partial charge in [0.25, 0.3) is 17.8 Å². The first-order chi connectivity index (χ1) is 50.9. The van der Waals surface area contributed by atoms with Crippen LogP contribution < -0.4 is 22.1 Å². The highest BCUT2D eigenvalue weighted by molar-refractivity contribution is 8.24. The Balaban J connectivity index is 0.000000181. The first-order valence-electron chi connectivity index (χ1n) is 30.1. The maximum absolute atomic E-state index is 14.0. The van der Waals surface area contributed by atoms with Crippen molar-refractivity contribution in [1.82, 2.24) is 24.9 Å². The van der Waals surface area contributed by atoms with E-state index >= 15 is 0 Å². The Labute approximate surface area is 634 Å². The molecule has 0 bridgehead atoms. The molecule has 3 aliphatic heterocycles. The standard InChI is InChI=1S/C15H12F2N4O3.C15H14F2N4O.3C10H4ClN3O2.C5H9F2NO.Cl3OP/c1-18-9-2-3-11-10(6-9)14(12(7-19-11)21(22)23)20-13-4-5-24-8-15(13,16)17;1-19-9-2-3-12-10(6-9)14(11(18)7-20-12)21-13-4-5-22-8-15(13,16)17;3*1-12-6-2-3-8-7(4-6)10(11)9(5-13-8)14(15)16;6-5(7)3-9-2-1-4(5)8;1-5(2,3)4/h2-3,6-7,13H,4-5,8H2,(H,19,20);2-3,6-7,13H,4-5,8,18H2,(H,20,21);3*2-5H;4H,1-3,8H2;. The SMILES string of the molecule is NC1CCOCC1(F)F.O=P(Cl)(Cl)Cl.[C-]#[N+]c1ccc2ncc(N)c(NC3CCOCC3(F)F)c2c1.[C-]#[N+]c1ccc2ncc([N+](=O)[O-])c(Cl)c2c1.[C-]#[N+]c1ccc2ncc([N+](=O)[O-])c(Cl)c2c1.[C-]#[N+]c1ccc2ncc([N+](=O)[O-])c(Cl)c2c1.[C-]#[N+]c1ccc2ncc([N+](=O)[O-])c(NC3CCOCC3(F)F)c2c1. The fraction of sp³-hybridized carbons (Fsp3) is 0.231. The minimum absolute atomic E-state index is 0.0104. The highest BCUT2D eigenvalue weighted by Crippen LogP contribution is 2.61. The predicted octanol–water partition coefficient (Wildman–Crippen LogP) is 20.0. The molecule has 0 saturated carbocycles. The predicted molar refractivity (Wildman–Crippen MR) is 395 cm³/mol. The highest BCUT2D eigenvalue weighted by Gasteiger charge is 2.45. The summed E-state index contributed by atoms with van der Waals surface area (Å²) >= 11 is 31.5. The van der Waals surface area contributed by atoms with E-state index in [-0.39, 0.29) is 87.1 Å². The van der Waals surface area contributed by atoms with Gasteiger partial charge < -0.3 is 36.3 Å². The van der Waals surface area contributed by atoms with Crippen LogP contribution in [0.4, 0.5) is 94.6 Å². The van der Waals surface area contributed by atoms with Gasteiger partial charge in [-0.25, -0.2) is 70.5 Å². The van der Waals surface area contributed by atoms with Crippen LogP contribution in [0.2, 0.25) is 15.1 Å². The van der Waals surface area contributed by atoms with E-state index in [4.69, 9.17) is 88.6 Å². The van der Waals surface area contributed by atoms with Gasteiger partial charge in [0.1, 0.15) is 65.4 Å². The number of rotatable bonds is 8. The molecule has 10 aromatic rings. The summed E-state index contributed by atoms with van der Waals surface area (Å²) in [7, 11) is 0. The second-order valence-corrected chi connectivity index (χ2v) is 30.1. The largest absolute Gasteiger partial charge is 0.396 e. The van der Waals surface area contributed by atoms with Crippen molar-refractivity contribution in [1.29, 1.82) is 0 Å². The van der Waals surface area contributed by atoms with Crippen molar-refractivity contribution >= 4 is 196 Å². The fourth-order valence-electron chi connectivity index (χ4n) is 9.84. The molecule has 3 aliphatic rings. The number of anilines is 3. The Morgan fingerprint density at radius 1 is 0.444 bits per heavy atom. The summed E-state index contributed by atoms with van der Waals surface area (Å²) in [6.07, 6.45) is 6.24. The number of nitro groups is 4. The second-order valence-electron chi connectivity index (χ2n) is 22.3. The average Bonchev–Trinajstić information content (AvgIpc) is 0.782. The lowest BCUT2D eigenvalue weighted by molar-refractivity contribution is -0.385. The number of nitrogens with zero attached hydrogens (tertiary/aromatic N) is 14. The van der Waals surface area contributed by atoms with E-state index in [1.807, 2.05) is 0 Å². The topological polar surface area (TPSA) is 380 Å². The van der Waals surface area contributed by atoms with Crippen molar-refractivity contribution in [3.05, 3.63) is 235 Å². The third-order valence-corrected chi connectivity index (χ3v) is 16.4. The zero-order chi connectivity index (χ0) is 79.6. The van der Waals surface area contributed by atoms with Crippen LogP contribution in [0.1, 0.15) is 19.3 Å². The Hall–Kier alpha value is -11.0. The lowest BCUT2D eigenvalue weighted by Gasteiger charge is -2.33. The van der Waals surface area contributed by atoms with Gasteiger partial charge >= 0.3 is 27.9 Å². The monoisotopic (exact) mass is 1630 g/mol. The molecule has 108 heavy (non-hydrogen) atoms. The number of nitrogen functional groups attached to an aromatic ring is 1. The van der Waals surface area contributed by atoms with E-state index < -0.39 is 86.3 Å². The number of ether oxygens (including phenoxy) is 3. The van der Waals surface area contributed by atoms with Crippen molar-refractivity contribution < 1.29 is 64.8 Å². The average molecular weight is 1630 g/mol. The summed E-state index contributed by atoms with van der Waals surface area (Å²) in [4.78, 5) is 76.9. The molecule has 3 fully saturated rings. The summed E-state index contributed by atoms with van der Waals surface area (Å²) < 4.78 is 104. The van der Waals surface area contributed by atoms with Gasteiger partial charge in [0.05, 0.1) is 116 Å². The van der Waals surface area contributed by atoms with Crippen LogP contribution in [0.3, 0.4) is 0 Å². The van der Waals surface area contributed by atoms with Crippen LogP contribution in [-0.2, 0) is 18.8 Å². The molecule has 5 aromatic carbocycles. The minimum Gasteiger partial charge on any atom is -0.396 e. The number of halogens is 12. The lowest BCUT2D eigenvalue weighted by atomic mass is 10.0. The number of fused-ring (bicyclic) bond motifs is 5. The normalized spacial score (nSPS) is 16.4. The molecule has 3 unspecified atom stereocenters. The molecule has 0 amide bonds. The van der Waals surface area contributed by atoms with Gasteiger partial charge in [-0.05, 0) is 114 Å². The van der Waals surface area contributed by atoms with E-state index in [1.165, 1.54) is 42.6 Å². The number of hydrogen-bond acceptors (Lipinski definition) is 21. The van der Waals surface area contributed by atoms with E-state index in [0.717, 1.165) is 24.8 Å². The van der Waals surface area contributed by atoms with Crippen molar-refractivity contribution in [3.63, 3.8) is 0 Å². The molecule has 8 heterocycles. The molecule has 3 atom stereocenters. The maximum Gasteiger partial charge on any atom is 0.339 e. The number of hydrogen-bond donors (Lipinski definition) is 4. The molecule has 0 spiro atoms. The first-order valence-corrected chi connectivity index (χ1v) is 35.7. The Morgan fingerprint density at radius 2 is 0.704 bits per heavy atom. The molecule has 5 aromatic heterocycles. The molecule has 3 saturated heterocycles. The highest BCUT2D eigenvalue weighted by atomic mass is 36.0. The first kappa shape index (κ1) is 84.3. The van der Waals surface area contributed by atoms with E-state index in [2.05, 4.69) is 98.2 Å². The van der Waals surface area contributed by atoms with Crippen molar-refractivity contribution in [2.75, 3.05) is 56.0 Å². The van der Waals surface area contributed by atoms with Gasteiger partial charge in [0, 0.05) is 46.8 Å². The van der Waals surface area contributed by atoms with Gasteiger partial charge in [0.15, 0.2) is 28.4 Å². The van der Waals surface area contributed by atoms with Gasteiger partial charge in [-0.2, -0.15) is 0 Å². The fourth-order valence-corrected chi connectivity index (χ4v) is 10.7. The van der Waals surface area contributed by atoms with Crippen molar-refractivity contribution in [2.45, 2.75) is 55.2 Å². The summed E-state index contributed by atoms with van der Waals surface area (Å²) in [5.74, 6) is -8.94. The van der Waals surface area contributed by atoms with Crippen LogP contribution in [-0.4, -0.2) is 120 Å². The minimum atomic E-state index is -3.22. The Bertz CT molecular complexity index is 5130. The van der Waals surface area contributed by atoms with Crippen LogP contribution >= 0.6 is 73.7 Å². The Morgan fingerprint density at radius 3 is 0.981 bits per heavy atom. The van der Waals surface area contributed by atoms with Gasteiger partial charge in [-0.15, -0.1) is 0 Å². The summed E-state index contributed by atoms with van der Waals surface area (Å²) in [6, 6.07) is 20.0. The molecule has 0 aliphatic carbocycles. The number of aromatic nitrogens is 5. The molecule has 13 rings (SSSR count). The molecular formula is C65H47Cl6F6N18O12P. The van der Waals surface area contributed by atoms with E-state index in [9.17, 15) is 71.4 Å². The van der Waals surface area contributed by atoms with Gasteiger partial charge in [0.2, 0.25) is 0 Å². The number of alkyl halides is 6. The number of nitrogens with one attached hydrogen (secondary N) is 2. The number of benzene rings is 5. The Kier molecular flexibility index (Phi) is 28.9. The van der Waals surface area contributed by atoms with Crippen molar-refractivity contribution in [2.24, 2.45) is 5.73 Å². The van der Waals surface area contributed by atoms with E-state index in [1.54, 1.807) is 54.6 Å². The van der Waals surface area contributed by atoms with Crippen LogP contribution in [0.25, 0.3) is 78.7 Å². The summed E-state index contributed by atoms with van der Waals surface area (Å²) in [5.41, 5.74) is 14.8. The second kappa shape index (κ2) is 37.0. The molecule has 43 heteroatoms. The molecule has 558 valence electrons. The quantitative estimate of drug-likeness (QED) is 0.0361. The maximum atomic E-state index is 14.0. The van der Waals surface area contributed by atoms with Gasteiger partial charge in [-0.1, -0.05) is 65.1 Å². The molecular weight excluding hydrogens is 1580 g/mol. The van der Waals surface area contributed by atoms with Gasteiger partial charge in [-0.3, -0.25) is 50.0 Å². The van der Waals surface area contributed by atoms with Crippen LogP contribution in [0.15, 0.2) is 122 Å². The summed E-state index contributed by atoms with van der Waals surface area (Å²) in [5, 5.41) is 47.5. The number of pyridine rings is 5. The van der Waals surface area contributed by atoms with Crippen LogP contribution in [0.5, 0.6) is 0 Å². The third-order valence-electron chi connectivity index (χ3n) is 15.2. The smallest absolute Gasteiger partial charge is 0.339 e. The number of nitrogens with two attached hydrogens (primary N) is 2. The summed E-state index contributed by atoms with van der Waals surface area (Å²) in [6.45, 7) is 33.6.